The van der Waals surface area contributed by atoms with E-state index in [4.69, 9.17) is 0 Å². The molecular formula is C17H24N4O3. The third kappa shape index (κ3) is 3.67. The first-order chi connectivity index (χ1) is 11.3. The number of piperazine rings is 1. The highest BCUT2D eigenvalue weighted by Crippen LogP contribution is 2.18. The lowest BCUT2D eigenvalue weighted by atomic mass is 10.1. The molecule has 0 spiro atoms. The molecule has 0 unspecified atom stereocenters. The Morgan fingerprint density at radius 1 is 1.21 bits per heavy atom. The summed E-state index contributed by atoms with van der Waals surface area (Å²) in [5.41, 5.74) is 1.51. The largest absolute Gasteiger partial charge is 0.378 e. The van der Waals surface area contributed by atoms with Crippen LogP contribution in [0.15, 0.2) is 24.3 Å². The SMILES string of the molecule is CNC(=O)[C@H]1CN(C(=O)c2cccc(N(C)C)c2)CCN1C(C)=O. The highest BCUT2D eigenvalue weighted by Gasteiger charge is 2.35. The van der Waals surface area contributed by atoms with Gasteiger partial charge in [0, 0.05) is 52.4 Å². The molecule has 2 rings (SSSR count). The van der Waals surface area contributed by atoms with E-state index in [9.17, 15) is 14.4 Å². The van der Waals surface area contributed by atoms with Gasteiger partial charge >= 0.3 is 0 Å². The van der Waals surface area contributed by atoms with Gasteiger partial charge in [-0.2, -0.15) is 0 Å². The van der Waals surface area contributed by atoms with E-state index in [1.807, 2.05) is 37.2 Å². The smallest absolute Gasteiger partial charge is 0.254 e. The van der Waals surface area contributed by atoms with Gasteiger partial charge in [-0.15, -0.1) is 0 Å². The average Bonchev–Trinajstić information content (AvgIpc) is 2.59. The molecule has 1 aliphatic rings. The van der Waals surface area contributed by atoms with Crippen molar-refractivity contribution in [3.63, 3.8) is 0 Å². The van der Waals surface area contributed by atoms with E-state index in [1.165, 1.54) is 18.9 Å². The zero-order valence-electron chi connectivity index (χ0n) is 14.6. The van der Waals surface area contributed by atoms with Crippen LogP contribution in [0, 0.1) is 0 Å². The predicted molar refractivity (Wildman–Crippen MR) is 91.9 cm³/mol. The Bertz CT molecular complexity index is 644. The number of nitrogens with zero attached hydrogens (tertiary/aromatic N) is 3. The first-order valence-corrected chi connectivity index (χ1v) is 7.90. The second-order valence-electron chi connectivity index (χ2n) is 6.04. The van der Waals surface area contributed by atoms with E-state index < -0.39 is 6.04 Å². The maximum absolute atomic E-state index is 12.8. The van der Waals surface area contributed by atoms with Crippen LogP contribution in [-0.2, 0) is 9.59 Å². The van der Waals surface area contributed by atoms with E-state index in [0.717, 1.165) is 5.69 Å². The molecule has 1 N–H and O–H groups in total. The molecule has 0 bridgehead atoms. The quantitative estimate of drug-likeness (QED) is 0.856. The van der Waals surface area contributed by atoms with Gasteiger partial charge in [-0.25, -0.2) is 0 Å². The molecule has 3 amide bonds. The van der Waals surface area contributed by atoms with Crippen molar-refractivity contribution in [2.45, 2.75) is 13.0 Å². The summed E-state index contributed by atoms with van der Waals surface area (Å²) in [6, 6.07) is 6.71. The molecule has 0 aliphatic carbocycles. The lowest BCUT2D eigenvalue weighted by molar-refractivity contribution is -0.141. The maximum atomic E-state index is 12.8. The zero-order chi connectivity index (χ0) is 17.9. The monoisotopic (exact) mass is 332 g/mol. The molecule has 1 heterocycles. The molecule has 1 aromatic carbocycles. The molecule has 1 saturated heterocycles. The Morgan fingerprint density at radius 2 is 1.92 bits per heavy atom. The van der Waals surface area contributed by atoms with Crippen molar-refractivity contribution >= 4 is 23.4 Å². The van der Waals surface area contributed by atoms with Crippen molar-refractivity contribution in [2.75, 3.05) is 45.7 Å². The number of nitrogens with one attached hydrogen (secondary N) is 1. The molecule has 7 nitrogen and oxygen atoms in total. The third-order valence-electron chi connectivity index (χ3n) is 4.23. The van der Waals surface area contributed by atoms with Gasteiger partial charge in [0.2, 0.25) is 11.8 Å². The first kappa shape index (κ1) is 17.8. The second kappa shape index (κ2) is 7.33. The van der Waals surface area contributed by atoms with Crippen molar-refractivity contribution in [2.24, 2.45) is 0 Å². The van der Waals surface area contributed by atoms with Crippen LogP contribution in [0.4, 0.5) is 5.69 Å². The molecule has 24 heavy (non-hydrogen) atoms. The minimum absolute atomic E-state index is 0.129. The molecule has 130 valence electrons. The molecular weight excluding hydrogens is 308 g/mol. The number of carbonyl (C=O) groups excluding carboxylic acids is 3. The van der Waals surface area contributed by atoms with E-state index in [0.29, 0.717) is 18.7 Å². The number of likely N-dealkylation sites (N-methyl/N-ethyl adjacent to an activating group) is 1. The maximum Gasteiger partial charge on any atom is 0.254 e. The third-order valence-corrected chi connectivity index (χ3v) is 4.23. The molecule has 0 aromatic heterocycles. The number of hydrogen-bond acceptors (Lipinski definition) is 4. The van der Waals surface area contributed by atoms with Gasteiger partial charge in [0.1, 0.15) is 6.04 Å². The van der Waals surface area contributed by atoms with E-state index >= 15 is 0 Å². The topological polar surface area (TPSA) is 73.0 Å². The lowest BCUT2D eigenvalue weighted by Crippen LogP contribution is -2.60. The minimum atomic E-state index is -0.651. The standard InChI is InChI=1S/C17H24N4O3/c1-12(22)21-9-8-20(11-15(21)16(23)18-2)17(24)13-6-5-7-14(10-13)19(3)4/h5-7,10,15H,8-9,11H2,1-4H3,(H,18,23)/t15-/m1/s1. The van der Waals surface area contributed by atoms with Crippen molar-refractivity contribution in [1.82, 2.24) is 15.1 Å². The van der Waals surface area contributed by atoms with Crippen LogP contribution in [0.2, 0.25) is 0 Å². The summed E-state index contributed by atoms with van der Waals surface area (Å²) in [7, 11) is 5.36. The predicted octanol–water partition coefficient (Wildman–Crippen LogP) is 0.172. The highest BCUT2D eigenvalue weighted by atomic mass is 16.2. The van der Waals surface area contributed by atoms with Crippen LogP contribution in [0.1, 0.15) is 17.3 Å². The summed E-state index contributed by atoms with van der Waals surface area (Å²) < 4.78 is 0. The number of carbonyl (C=O) groups is 3. The van der Waals surface area contributed by atoms with Gasteiger partial charge in [-0.05, 0) is 18.2 Å². The van der Waals surface area contributed by atoms with Gasteiger partial charge in [-0.3, -0.25) is 14.4 Å². The molecule has 1 atom stereocenters. The summed E-state index contributed by atoms with van der Waals surface area (Å²) >= 11 is 0. The molecule has 0 saturated carbocycles. The number of rotatable bonds is 3. The average molecular weight is 332 g/mol. The van der Waals surface area contributed by atoms with Crippen molar-refractivity contribution in [3.05, 3.63) is 29.8 Å². The Hall–Kier alpha value is -2.57. The van der Waals surface area contributed by atoms with E-state index in [1.54, 1.807) is 11.0 Å². The minimum Gasteiger partial charge on any atom is -0.378 e. The van der Waals surface area contributed by atoms with Crippen LogP contribution in [0.5, 0.6) is 0 Å². The molecule has 0 radical (unpaired) electrons. The number of amides is 3. The summed E-state index contributed by atoms with van der Waals surface area (Å²) in [5.74, 6) is -0.550. The number of benzene rings is 1. The second-order valence-corrected chi connectivity index (χ2v) is 6.04. The van der Waals surface area contributed by atoms with E-state index in [2.05, 4.69) is 5.32 Å². The summed E-state index contributed by atoms with van der Waals surface area (Å²) in [5, 5.41) is 2.57. The van der Waals surface area contributed by atoms with Gasteiger partial charge in [0.05, 0.1) is 6.54 Å². The normalized spacial score (nSPS) is 17.4. The summed E-state index contributed by atoms with van der Waals surface area (Å²) in [6.45, 7) is 2.41. The molecule has 1 aromatic rings. The molecule has 7 heteroatoms. The fraction of sp³-hybridized carbons (Fsp3) is 0.471. The Balaban J connectivity index is 2.20. The van der Waals surface area contributed by atoms with Gasteiger partial charge in [0.25, 0.3) is 5.91 Å². The van der Waals surface area contributed by atoms with E-state index in [-0.39, 0.29) is 24.3 Å². The summed E-state index contributed by atoms with van der Waals surface area (Å²) in [4.78, 5) is 41.7. The van der Waals surface area contributed by atoms with Crippen LogP contribution in [-0.4, -0.2) is 74.3 Å². The fourth-order valence-corrected chi connectivity index (χ4v) is 2.83. The van der Waals surface area contributed by atoms with Gasteiger partial charge in [0.15, 0.2) is 0 Å². The number of anilines is 1. The fourth-order valence-electron chi connectivity index (χ4n) is 2.83. The summed E-state index contributed by atoms with van der Waals surface area (Å²) in [6.07, 6.45) is 0. The Morgan fingerprint density at radius 3 is 2.50 bits per heavy atom. The Kier molecular flexibility index (Phi) is 5.43. The van der Waals surface area contributed by atoms with Gasteiger partial charge in [-0.1, -0.05) is 6.07 Å². The molecule has 1 fully saturated rings. The lowest BCUT2D eigenvalue weighted by Gasteiger charge is -2.40. The molecule has 1 aliphatic heterocycles. The van der Waals surface area contributed by atoms with Crippen LogP contribution >= 0.6 is 0 Å². The van der Waals surface area contributed by atoms with Crippen molar-refractivity contribution < 1.29 is 14.4 Å². The van der Waals surface area contributed by atoms with Gasteiger partial charge < -0.3 is 20.0 Å². The van der Waals surface area contributed by atoms with Crippen LogP contribution < -0.4 is 10.2 Å². The first-order valence-electron chi connectivity index (χ1n) is 7.90. The van der Waals surface area contributed by atoms with Crippen molar-refractivity contribution in [1.29, 1.82) is 0 Å². The van der Waals surface area contributed by atoms with Crippen LogP contribution in [0.3, 0.4) is 0 Å². The Labute approximate surface area is 142 Å². The number of hydrogen-bond donors (Lipinski definition) is 1. The van der Waals surface area contributed by atoms with Crippen LogP contribution in [0.25, 0.3) is 0 Å². The zero-order valence-corrected chi connectivity index (χ0v) is 14.6. The van der Waals surface area contributed by atoms with Crippen molar-refractivity contribution in [3.8, 4) is 0 Å². The highest BCUT2D eigenvalue weighted by molar-refractivity contribution is 5.96.